The van der Waals surface area contributed by atoms with E-state index in [1.807, 2.05) is 6.07 Å². The maximum atomic E-state index is 12.9. The van der Waals surface area contributed by atoms with E-state index in [9.17, 15) is 22.4 Å². The monoisotopic (exact) mass is 526 g/mol. The van der Waals surface area contributed by atoms with Crippen molar-refractivity contribution in [1.29, 1.82) is 0 Å². The standard InChI is InChI=1S/C26H27FN4O5S/c1-18-5-4-6-19(2)26(18)31(37(3,34)35)16-24(32)30-28-15-20-7-13-23(14-8-20)36-17-25(33)29-22-11-9-21(27)10-12-22/h4-15H,16-17H2,1-3H3,(H,29,33)(H,30,32)/b28-15-. The van der Waals surface area contributed by atoms with E-state index in [0.29, 0.717) is 22.7 Å². The van der Waals surface area contributed by atoms with Crippen molar-refractivity contribution in [3.05, 3.63) is 89.2 Å². The van der Waals surface area contributed by atoms with Gasteiger partial charge < -0.3 is 10.1 Å². The lowest BCUT2D eigenvalue weighted by atomic mass is 10.1. The average molecular weight is 527 g/mol. The molecule has 0 radical (unpaired) electrons. The summed E-state index contributed by atoms with van der Waals surface area (Å²) in [6.07, 6.45) is 2.44. The van der Waals surface area contributed by atoms with Gasteiger partial charge in [-0.25, -0.2) is 18.2 Å². The Morgan fingerprint density at radius 2 is 1.59 bits per heavy atom. The van der Waals surface area contributed by atoms with Gasteiger partial charge in [-0.05, 0) is 79.1 Å². The Hall–Kier alpha value is -4.25. The fraction of sp³-hybridized carbons (Fsp3) is 0.192. The van der Waals surface area contributed by atoms with Crippen LogP contribution >= 0.6 is 0 Å². The molecule has 3 aromatic carbocycles. The molecule has 2 N–H and O–H groups in total. The molecule has 0 atom stereocenters. The lowest BCUT2D eigenvalue weighted by Gasteiger charge is -2.25. The number of anilines is 2. The van der Waals surface area contributed by atoms with Gasteiger partial charge in [0.05, 0.1) is 18.2 Å². The van der Waals surface area contributed by atoms with Crippen LogP contribution in [-0.2, 0) is 19.6 Å². The minimum atomic E-state index is -3.71. The predicted octanol–water partition coefficient (Wildman–Crippen LogP) is 3.38. The molecule has 194 valence electrons. The van der Waals surface area contributed by atoms with Crippen LogP contribution in [0.3, 0.4) is 0 Å². The van der Waals surface area contributed by atoms with E-state index in [1.54, 1.807) is 50.2 Å². The number of halogens is 1. The van der Waals surface area contributed by atoms with Crippen LogP contribution in [0.1, 0.15) is 16.7 Å². The Labute approximate surface area is 215 Å². The van der Waals surface area contributed by atoms with E-state index in [-0.39, 0.29) is 6.61 Å². The number of hydrogen-bond donors (Lipinski definition) is 2. The SMILES string of the molecule is Cc1cccc(C)c1N(CC(=O)N/N=C\c1ccc(OCC(=O)Nc2ccc(F)cc2)cc1)S(C)(=O)=O. The molecule has 0 fully saturated rings. The van der Waals surface area contributed by atoms with Gasteiger partial charge in [-0.15, -0.1) is 0 Å². The fourth-order valence-corrected chi connectivity index (χ4v) is 4.41. The van der Waals surface area contributed by atoms with E-state index in [1.165, 1.54) is 30.5 Å². The number of hydrogen-bond acceptors (Lipinski definition) is 6. The minimum Gasteiger partial charge on any atom is -0.484 e. The molecule has 0 unspecified atom stereocenters. The summed E-state index contributed by atoms with van der Waals surface area (Å²) in [6.45, 7) is 2.90. The molecular formula is C26H27FN4O5S. The second kappa shape index (κ2) is 12.1. The highest BCUT2D eigenvalue weighted by Gasteiger charge is 2.23. The fourth-order valence-electron chi connectivity index (χ4n) is 3.44. The Balaban J connectivity index is 1.52. The number of para-hydroxylation sites is 1. The number of carbonyl (C=O) groups excluding carboxylic acids is 2. The van der Waals surface area contributed by atoms with E-state index >= 15 is 0 Å². The van der Waals surface area contributed by atoms with Crippen LogP contribution in [0.4, 0.5) is 15.8 Å². The quantitative estimate of drug-likeness (QED) is 0.310. The lowest BCUT2D eigenvalue weighted by molar-refractivity contribution is -0.119. The van der Waals surface area contributed by atoms with Crippen molar-refractivity contribution in [3.63, 3.8) is 0 Å². The van der Waals surface area contributed by atoms with Crippen molar-refractivity contribution >= 4 is 39.4 Å². The number of nitrogens with one attached hydrogen (secondary N) is 2. The largest absolute Gasteiger partial charge is 0.484 e. The summed E-state index contributed by atoms with van der Waals surface area (Å²) in [5.74, 6) is -0.959. The van der Waals surface area contributed by atoms with E-state index in [4.69, 9.17) is 4.74 Å². The van der Waals surface area contributed by atoms with Crippen LogP contribution < -0.4 is 19.8 Å². The van der Waals surface area contributed by atoms with Crippen molar-refractivity contribution in [2.45, 2.75) is 13.8 Å². The van der Waals surface area contributed by atoms with E-state index in [0.717, 1.165) is 21.7 Å². The number of sulfonamides is 1. The number of rotatable bonds is 10. The summed E-state index contributed by atoms with van der Waals surface area (Å²) in [4.78, 5) is 24.4. The molecule has 0 saturated heterocycles. The van der Waals surface area contributed by atoms with Gasteiger partial charge in [0, 0.05) is 5.69 Å². The summed E-state index contributed by atoms with van der Waals surface area (Å²) in [7, 11) is -3.71. The highest BCUT2D eigenvalue weighted by atomic mass is 32.2. The van der Waals surface area contributed by atoms with Crippen molar-refractivity contribution in [2.24, 2.45) is 5.10 Å². The van der Waals surface area contributed by atoms with E-state index < -0.39 is 34.2 Å². The molecule has 0 bridgehead atoms. The Morgan fingerprint density at radius 3 is 2.19 bits per heavy atom. The average Bonchev–Trinajstić information content (AvgIpc) is 2.83. The van der Waals surface area contributed by atoms with Crippen molar-refractivity contribution < 1.29 is 27.1 Å². The van der Waals surface area contributed by atoms with Crippen LogP contribution in [-0.4, -0.2) is 45.9 Å². The molecule has 0 heterocycles. The molecule has 0 aliphatic rings. The number of hydrazone groups is 1. The minimum absolute atomic E-state index is 0.238. The first-order valence-electron chi connectivity index (χ1n) is 11.2. The Morgan fingerprint density at radius 1 is 0.973 bits per heavy atom. The molecular weight excluding hydrogens is 499 g/mol. The molecule has 0 aromatic heterocycles. The first-order chi connectivity index (χ1) is 17.5. The highest BCUT2D eigenvalue weighted by Crippen LogP contribution is 2.26. The van der Waals surface area contributed by atoms with Gasteiger partial charge in [0.2, 0.25) is 10.0 Å². The van der Waals surface area contributed by atoms with Crippen LogP contribution in [0.25, 0.3) is 0 Å². The summed E-state index contributed by atoms with van der Waals surface area (Å²) in [6, 6.07) is 17.3. The van der Waals surface area contributed by atoms with Gasteiger partial charge >= 0.3 is 0 Å². The molecule has 37 heavy (non-hydrogen) atoms. The number of nitrogens with zero attached hydrogens (tertiary/aromatic N) is 2. The molecule has 2 amide bonds. The molecule has 3 aromatic rings. The topological polar surface area (TPSA) is 117 Å². The zero-order chi connectivity index (χ0) is 27.0. The zero-order valence-corrected chi connectivity index (χ0v) is 21.4. The third-order valence-electron chi connectivity index (χ3n) is 5.16. The third-order valence-corrected chi connectivity index (χ3v) is 6.27. The summed E-state index contributed by atoms with van der Waals surface area (Å²) in [5, 5.41) is 6.49. The van der Waals surface area contributed by atoms with Gasteiger partial charge in [0.1, 0.15) is 18.1 Å². The lowest BCUT2D eigenvalue weighted by Crippen LogP contribution is -2.39. The Bertz CT molecular complexity index is 1370. The van der Waals surface area contributed by atoms with Gasteiger partial charge in [0.25, 0.3) is 11.8 Å². The van der Waals surface area contributed by atoms with Crippen LogP contribution in [0.2, 0.25) is 0 Å². The van der Waals surface area contributed by atoms with Gasteiger partial charge in [-0.3, -0.25) is 13.9 Å². The maximum absolute atomic E-state index is 12.9. The third kappa shape index (κ3) is 8.14. The molecule has 9 nitrogen and oxygen atoms in total. The van der Waals surface area contributed by atoms with Crippen molar-refractivity contribution in [2.75, 3.05) is 29.0 Å². The predicted molar refractivity (Wildman–Crippen MR) is 141 cm³/mol. The van der Waals surface area contributed by atoms with Crippen molar-refractivity contribution in [3.8, 4) is 5.75 Å². The Kier molecular flexibility index (Phi) is 8.96. The first kappa shape index (κ1) is 27.3. The molecule has 11 heteroatoms. The molecule has 3 rings (SSSR count). The first-order valence-corrected chi connectivity index (χ1v) is 13.0. The van der Waals surface area contributed by atoms with Gasteiger partial charge in [0.15, 0.2) is 6.61 Å². The molecule has 0 aliphatic carbocycles. The van der Waals surface area contributed by atoms with Gasteiger partial charge in [-0.1, -0.05) is 18.2 Å². The summed E-state index contributed by atoms with van der Waals surface area (Å²) in [5.41, 5.74) is 5.36. The second-order valence-electron chi connectivity index (χ2n) is 8.22. The number of ether oxygens (including phenoxy) is 1. The van der Waals surface area contributed by atoms with Crippen LogP contribution in [0, 0.1) is 19.7 Å². The molecule has 0 spiro atoms. The van der Waals surface area contributed by atoms with Crippen molar-refractivity contribution in [1.82, 2.24) is 5.43 Å². The number of aryl methyl sites for hydroxylation is 2. The number of amides is 2. The second-order valence-corrected chi connectivity index (χ2v) is 10.1. The van der Waals surface area contributed by atoms with E-state index in [2.05, 4.69) is 15.8 Å². The molecule has 0 aliphatic heterocycles. The van der Waals surface area contributed by atoms with Crippen LogP contribution in [0.5, 0.6) is 5.75 Å². The van der Waals surface area contributed by atoms with Crippen LogP contribution in [0.15, 0.2) is 71.8 Å². The normalized spacial score (nSPS) is 11.2. The number of carbonyl (C=O) groups is 2. The highest BCUT2D eigenvalue weighted by molar-refractivity contribution is 7.92. The summed E-state index contributed by atoms with van der Waals surface area (Å²) < 4.78 is 44.1. The zero-order valence-electron chi connectivity index (χ0n) is 20.6. The molecule has 0 saturated carbocycles. The number of benzene rings is 3. The van der Waals surface area contributed by atoms with Gasteiger partial charge in [-0.2, -0.15) is 5.10 Å². The smallest absolute Gasteiger partial charge is 0.262 e. The maximum Gasteiger partial charge on any atom is 0.262 e. The summed E-state index contributed by atoms with van der Waals surface area (Å²) >= 11 is 0.